The SMILES string of the molecule is Cc1cc(N2CCC(C(=O)Nc3ccc(F)cc3)CC2)n2nc(-c3ccc(F)cc3)cc2n1. The van der Waals surface area contributed by atoms with Gasteiger partial charge in [0.2, 0.25) is 5.91 Å². The third-order valence-electron chi connectivity index (χ3n) is 5.98. The number of aryl methyl sites for hydroxylation is 1. The number of anilines is 2. The van der Waals surface area contributed by atoms with Crippen molar-refractivity contribution in [2.75, 3.05) is 23.3 Å². The van der Waals surface area contributed by atoms with E-state index in [1.807, 2.05) is 23.6 Å². The minimum absolute atomic E-state index is 0.0463. The average Bonchev–Trinajstić information content (AvgIpc) is 3.24. The first-order valence-corrected chi connectivity index (χ1v) is 10.9. The normalized spacial score (nSPS) is 14.6. The molecule has 5 rings (SSSR count). The number of rotatable bonds is 4. The third kappa shape index (κ3) is 4.41. The fourth-order valence-electron chi connectivity index (χ4n) is 4.22. The molecule has 0 radical (unpaired) electrons. The zero-order chi connectivity index (χ0) is 22.9. The van der Waals surface area contributed by atoms with E-state index in [9.17, 15) is 13.6 Å². The number of aromatic nitrogens is 3. The number of carbonyl (C=O) groups is 1. The van der Waals surface area contributed by atoms with Crippen molar-refractivity contribution in [3.05, 3.63) is 78.0 Å². The van der Waals surface area contributed by atoms with Crippen LogP contribution in [0.4, 0.5) is 20.3 Å². The van der Waals surface area contributed by atoms with Crippen LogP contribution in [-0.4, -0.2) is 33.6 Å². The van der Waals surface area contributed by atoms with Crippen LogP contribution in [0.3, 0.4) is 0 Å². The first kappa shape index (κ1) is 21.1. The molecule has 33 heavy (non-hydrogen) atoms. The molecule has 0 aliphatic carbocycles. The van der Waals surface area contributed by atoms with Crippen LogP contribution in [0.1, 0.15) is 18.5 Å². The molecule has 8 heteroatoms. The standard InChI is InChI=1S/C25H23F2N5O/c1-16-14-24(32-23(28-16)15-22(30-32)17-2-4-19(26)5-3-17)31-12-10-18(11-13-31)25(33)29-21-8-6-20(27)7-9-21/h2-9,14-15,18H,10-13H2,1H3,(H,29,33). The molecule has 1 aliphatic rings. The van der Waals surface area contributed by atoms with E-state index in [0.717, 1.165) is 28.4 Å². The highest BCUT2D eigenvalue weighted by atomic mass is 19.1. The van der Waals surface area contributed by atoms with Crippen LogP contribution in [0.5, 0.6) is 0 Å². The van der Waals surface area contributed by atoms with E-state index in [0.29, 0.717) is 31.6 Å². The Labute approximate surface area is 189 Å². The molecule has 0 unspecified atom stereocenters. The molecule has 4 aromatic rings. The van der Waals surface area contributed by atoms with Crippen LogP contribution in [0.2, 0.25) is 0 Å². The lowest BCUT2D eigenvalue weighted by Gasteiger charge is -2.33. The minimum Gasteiger partial charge on any atom is -0.356 e. The highest BCUT2D eigenvalue weighted by molar-refractivity contribution is 5.92. The summed E-state index contributed by atoms with van der Waals surface area (Å²) in [6, 6.07) is 15.9. The predicted molar refractivity (Wildman–Crippen MR) is 123 cm³/mol. The van der Waals surface area contributed by atoms with Gasteiger partial charge in [-0.05, 0) is 68.3 Å². The van der Waals surface area contributed by atoms with E-state index in [4.69, 9.17) is 5.10 Å². The highest BCUT2D eigenvalue weighted by Crippen LogP contribution is 2.28. The molecule has 2 aromatic carbocycles. The molecule has 1 fully saturated rings. The van der Waals surface area contributed by atoms with Gasteiger partial charge in [0.15, 0.2) is 5.65 Å². The van der Waals surface area contributed by atoms with Gasteiger partial charge < -0.3 is 10.2 Å². The molecular formula is C25H23F2N5O. The van der Waals surface area contributed by atoms with Crippen LogP contribution in [-0.2, 0) is 4.79 Å². The van der Waals surface area contributed by atoms with Gasteiger partial charge in [-0.3, -0.25) is 4.79 Å². The fourth-order valence-corrected chi connectivity index (χ4v) is 4.22. The molecule has 0 bridgehead atoms. The fraction of sp³-hybridized carbons (Fsp3) is 0.240. The van der Waals surface area contributed by atoms with E-state index in [1.165, 1.54) is 24.3 Å². The quantitative estimate of drug-likeness (QED) is 0.486. The summed E-state index contributed by atoms with van der Waals surface area (Å²) in [5.41, 5.74) is 3.74. The Balaban J connectivity index is 1.33. The summed E-state index contributed by atoms with van der Waals surface area (Å²) in [5.74, 6) is 0.139. The van der Waals surface area contributed by atoms with Gasteiger partial charge in [0.25, 0.3) is 0 Å². The van der Waals surface area contributed by atoms with E-state index >= 15 is 0 Å². The van der Waals surface area contributed by atoms with E-state index in [1.54, 1.807) is 24.3 Å². The number of hydrogen-bond donors (Lipinski definition) is 1. The van der Waals surface area contributed by atoms with Gasteiger partial charge in [-0.25, -0.2) is 13.8 Å². The lowest BCUT2D eigenvalue weighted by atomic mass is 9.95. The maximum Gasteiger partial charge on any atom is 0.227 e. The number of nitrogens with one attached hydrogen (secondary N) is 1. The average molecular weight is 447 g/mol. The van der Waals surface area contributed by atoms with Crippen molar-refractivity contribution < 1.29 is 13.6 Å². The molecule has 1 aliphatic heterocycles. The number of hydrogen-bond acceptors (Lipinski definition) is 4. The molecule has 0 spiro atoms. The van der Waals surface area contributed by atoms with Gasteiger partial charge in [0.1, 0.15) is 17.5 Å². The molecule has 3 heterocycles. The molecule has 1 N–H and O–H groups in total. The van der Waals surface area contributed by atoms with Crippen LogP contribution in [0.25, 0.3) is 16.9 Å². The molecule has 0 atom stereocenters. The van der Waals surface area contributed by atoms with Crippen molar-refractivity contribution in [2.24, 2.45) is 5.92 Å². The Hall–Kier alpha value is -3.81. The van der Waals surface area contributed by atoms with Gasteiger partial charge in [0.05, 0.1) is 5.69 Å². The Bertz CT molecular complexity index is 1290. The van der Waals surface area contributed by atoms with E-state index in [2.05, 4.69) is 15.2 Å². The van der Waals surface area contributed by atoms with Crippen LogP contribution in [0.15, 0.2) is 60.7 Å². The van der Waals surface area contributed by atoms with Crippen LogP contribution >= 0.6 is 0 Å². The van der Waals surface area contributed by atoms with Crippen molar-refractivity contribution in [2.45, 2.75) is 19.8 Å². The van der Waals surface area contributed by atoms with Crippen molar-refractivity contribution >= 4 is 23.1 Å². The van der Waals surface area contributed by atoms with Crippen LogP contribution in [0, 0.1) is 24.5 Å². The van der Waals surface area contributed by atoms with Gasteiger partial charge in [-0.2, -0.15) is 9.61 Å². The maximum absolute atomic E-state index is 13.3. The monoisotopic (exact) mass is 447 g/mol. The summed E-state index contributed by atoms with van der Waals surface area (Å²) in [7, 11) is 0. The number of halogens is 2. The first-order valence-electron chi connectivity index (χ1n) is 10.9. The first-order chi connectivity index (χ1) is 16.0. The Morgan fingerprint density at radius 2 is 1.61 bits per heavy atom. The highest BCUT2D eigenvalue weighted by Gasteiger charge is 2.27. The maximum atomic E-state index is 13.3. The summed E-state index contributed by atoms with van der Waals surface area (Å²) in [5, 5.41) is 7.61. The topological polar surface area (TPSA) is 62.5 Å². The number of amides is 1. The number of nitrogens with zero attached hydrogens (tertiary/aromatic N) is 4. The van der Waals surface area contributed by atoms with Crippen molar-refractivity contribution in [1.82, 2.24) is 14.6 Å². The lowest BCUT2D eigenvalue weighted by Crippen LogP contribution is -2.39. The molecular weight excluding hydrogens is 424 g/mol. The smallest absolute Gasteiger partial charge is 0.227 e. The van der Waals surface area contributed by atoms with E-state index in [-0.39, 0.29) is 23.5 Å². The minimum atomic E-state index is -0.332. The summed E-state index contributed by atoms with van der Waals surface area (Å²) < 4.78 is 28.2. The summed E-state index contributed by atoms with van der Waals surface area (Å²) in [6.45, 7) is 3.34. The van der Waals surface area contributed by atoms with Gasteiger partial charge in [-0.1, -0.05) is 0 Å². The van der Waals surface area contributed by atoms with Crippen molar-refractivity contribution in [1.29, 1.82) is 0 Å². The molecule has 6 nitrogen and oxygen atoms in total. The molecule has 1 amide bonds. The molecule has 1 saturated heterocycles. The number of fused-ring (bicyclic) bond motifs is 1. The second kappa shape index (κ2) is 8.61. The van der Waals surface area contributed by atoms with Crippen molar-refractivity contribution in [3.8, 4) is 11.3 Å². The molecule has 0 saturated carbocycles. The number of carbonyl (C=O) groups excluding carboxylic acids is 1. The Morgan fingerprint density at radius 3 is 2.27 bits per heavy atom. The van der Waals surface area contributed by atoms with Gasteiger partial charge in [-0.15, -0.1) is 0 Å². The van der Waals surface area contributed by atoms with Gasteiger partial charge >= 0.3 is 0 Å². The predicted octanol–water partition coefficient (Wildman–Crippen LogP) is 4.84. The molecule has 2 aromatic heterocycles. The zero-order valence-electron chi connectivity index (χ0n) is 18.1. The van der Waals surface area contributed by atoms with Crippen molar-refractivity contribution in [3.63, 3.8) is 0 Å². The summed E-state index contributed by atoms with van der Waals surface area (Å²) in [6.07, 6.45) is 1.39. The summed E-state index contributed by atoms with van der Waals surface area (Å²) in [4.78, 5) is 19.5. The second-order valence-electron chi connectivity index (χ2n) is 8.32. The largest absolute Gasteiger partial charge is 0.356 e. The number of benzene rings is 2. The molecule has 168 valence electrons. The lowest BCUT2D eigenvalue weighted by molar-refractivity contribution is -0.120. The Morgan fingerprint density at radius 1 is 0.970 bits per heavy atom. The Kier molecular flexibility index (Phi) is 5.50. The number of piperidine rings is 1. The third-order valence-corrected chi connectivity index (χ3v) is 5.98. The van der Waals surface area contributed by atoms with Crippen LogP contribution < -0.4 is 10.2 Å². The second-order valence-corrected chi connectivity index (χ2v) is 8.32. The zero-order valence-corrected chi connectivity index (χ0v) is 18.1. The summed E-state index contributed by atoms with van der Waals surface area (Å²) >= 11 is 0. The van der Waals surface area contributed by atoms with E-state index < -0.39 is 0 Å². The van der Waals surface area contributed by atoms with Gasteiger partial charge in [0, 0.05) is 48.1 Å².